The molecule has 0 fully saturated rings. The van der Waals surface area contributed by atoms with Gasteiger partial charge in [0.05, 0.1) is 0 Å². The summed E-state index contributed by atoms with van der Waals surface area (Å²) in [5.41, 5.74) is 5.40. The summed E-state index contributed by atoms with van der Waals surface area (Å²) in [6, 6.07) is -0.784. The van der Waals surface area contributed by atoms with Gasteiger partial charge in [0, 0.05) is 13.0 Å². The Morgan fingerprint density at radius 3 is 2.24 bits per heavy atom. The molecular formula is C15H29IN2O3. The van der Waals surface area contributed by atoms with Gasteiger partial charge in [-0.1, -0.05) is 48.3 Å². The van der Waals surface area contributed by atoms with Crippen LogP contribution >= 0.6 is 22.6 Å². The highest BCUT2D eigenvalue weighted by molar-refractivity contribution is 14.1. The van der Waals surface area contributed by atoms with Crippen molar-refractivity contribution in [1.29, 1.82) is 0 Å². The number of carboxylic acids is 1. The molecule has 5 nitrogen and oxygen atoms in total. The molecule has 6 heteroatoms. The number of hydrogen-bond donors (Lipinski definition) is 3. The SMILES string of the molecule is N[C@@H](CCCCNC(=O)CCCCCCCCI)C(=O)O. The Balaban J connectivity index is 3.29. The fourth-order valence-corrected chi connectivity index (χ4v) is 2.56. The number of unbranched alkanes of at least 4 members (excludes halogenated alkanes) is 6. The molecule has 21 heavy (non-hydrogen) atoms. The van der Waals surface area contributed by atoms with E-state index in [2.05, 4.69) is 27.9 Å². The van der Waals surface area contributed by atoms with Crippen molar-refractivity contribution in [3.8, 4) is 0 Å². The maximum atomic E-state index is 11.6. The minimum absolute atomic E-state index is 0.102. The number of amides is 1. The van der Waals surface area contributed by atoms with Crippen LogP contribution in [0.2, 0.25) is 0 Å². The average Bonchev–Trinajstić information content (AvgIpc) is 2.45. The van der Waals surface area contributed by atoms with Crippen molar-refractivity contribution < 1.29 is 14.7 Å². The Morgan fingerprint density at radius 2 is 1.62 bits per heavy atom. The van der Waals surface area contributed by atoms with Gasteiger partial charge in [-0.05, 0) is 36.5 Å². The molecular weight excluding hydrogens is 383 g/mol. The lowest BCUT2D eigenvalue weighted by Crippen LogP contribution is -2.30. The largest absolute Gasteiger partial charge is 0.480 e. The lowest BCUT2D eigenvalue weighted by Gasteiger charge is -2.07. The Kier molecular flexibility index (Phi) is 14.3. The van der Waals surface area contributed by atoms with E-state index in [0.29, 0.717) is 19.4 Å². The topological polar surface area (TPSA) is 92.4 Å². The van der Waals surface area contributed by atoms with Crippen LogP contribution in [0.15, 0.2) is 0 Å². The number of carbonyl (C=O) groups is 2. The summed E-state index contributed by atoms with van der Waals surface area (Å²) in [7, 11) is 0. The zero-order chi connectivity index (χ0) is 15.9. The summed E-state index contributed by atoms with van der Waals surface area (Å²) in [4.78, 5) is 22.1. The molecule has 0 rings (SSSR count). The minimum Gasteiger partial charge on any atom is -0.480 e. The fourth-order valence-electron chi connectivity index (χ4n) is 2.02. The first-order valence-electron chi connectivity index (χ1n) is 7.89. The van der Waals surface area contributed by atoms with Crippen LogP contribution in [0.3, 0.4) is 0 Å². The van der Waals surface area contributed by atoms with E-state index >= 15 is 0 Å². The first kappa shape index (κ1) is 20.6. The molecule has 4 N–H and O–H groups in total. The third-order valence-corrected chi connectivity index (χ3v) is 4.13. The van der Waals surface area contributed by atoms with Crippen molar-refractivity contribution in [2.45, 2.75) is 70.3 Å². The van der Waals surface area contributed by atoms with E-state index in [1.807, 2.05) is 0 Å². The van der Waals surface area contributed by atoms with Crippen LogP contribution in [-0.4, -0.2) is 34.0 Å². The molecule has 0 aliphatic rings. The number of alkyl halides is 1. The molecule has 0 unspecified atom stereocenters. The summed E-state index contributed by atoms with van der Waals surface area (Å²) in [5.74, 6) is -0.859. The molecule has 124 valence electrons. The number of carboxylic acid groups (broad SMARTS) is 1. The van der Waals surface area contributed by atoms with E-state index in [4.69, 9.17) is 10.8 Å². The predicted molar refractivity (Wildman–Crippen MR) is 93.7 cm³/mol. The Bertz CT molecular complexity index is 288. The number of nitrogens with two attached hydrogens (primary N) is 1. The summed E-state index contributed by atoms with van der Waals surface area (Å²) in [6.07, 6.45) is 9.74. The van der Waals surface area contributed by atoms with Crippen molar-refractivity contribution in [2.75, 3.05) is 11.0 Å². The molecule has 0 spiro atoms. The second-order valence-corrected chi connectivity index (χ2v) is 6.43. The van der Waals surface area contributed by atoms with Crippen molar-refractivity contribution >= 4 is 34.5 Å². The van der Waals surface area contributed by atoms with Gasteiger partial charge in [0.1, 0.15) is 6.04 Å². The summed E-state index contributed by atoms with van der Waals surface area (Å²) in [5, 5.41) is 11.5. The van der Waals surface area contributed by atoms with E-state index in [0.717, 1.165) is 25.7 Å². The van der Waals surface area contributed by atoms with Gasteiger partial charge in [-0.25, -0.2) is 0 Å². The van der Waals surface area contributed by atoms with E-state index in [9.17, 15) is 9.59 Å². The molecule has 0 bridgehead atoms. The van der Waals surface area contributed by atoms with Gasteiger partial charge in [-0.2, -0.15) is 0 Å². The Morgan fingerprint density at radius 1 is 1.00 bits per heavy atom. The number of nitrogens with one attached hydrogen (secondary N) is 1. The van der Waals surface area contributed by atoms with Gasteiger partial charge >= 0.3 is 5.97 Å². The third kappa shape index (κ3) is 14.3. The predicted octanol–water partition coefficient (Wildman–Crippen LogP) is 2.85. The van der Waals surface area contributed by atoms with Crippen LogP contribution in [0.4, 0.5) is 0 Å². The average molecular weight is 412 g/mol. The quantitative estimate of drug-likeness (QED) is 0.232. The van der Waals surface area contributed by atoms with E-state index < -0.39 is 12.0 Å². The first-order valence-corrected chi connectivity index (χ1v) is 9.41. The highest BCUT2D eigenvalue weighted by atomic mass is 127. The molecule has 0 aromatic rings. The molecule has 0 aromatic heterocycles. The molecule has 0 saturated carbocycles. The van der Waals surface area contributed by atoms with Crippen molar-refractivity contribution in [3.05, 3.63) is 0 Å². The second-order valence-electron chi connectivity index (χ2n) is 5.35. The number of rotatable bonds is 14. The molecule has 0 radical (unpaired) electrons. The Hall–Kier alpha value is -0.370. The van der Waals surface area contributed by atoms with Gasteiger partial charge in [-0.15, -0.1) is 0 Å². The van der Waals surface area contributed by atoms with Crippen molar-refractivity contribution in [3.63, 3.8) is 0 Å². The van der Waals surface area contributed by atoms with Crippen LogP contribution in [-0.2, 0) is 9.59 Å². The first-order chi connectivity index (χ1) is 10.1. The number of hydrogen-bond acceptors (Lipinski definition) is 3. The van der Waals surface area contributed by atoms with Crippen LogP contribution in [0.5, 0.6) is 0 Å². The number of carbonyl (C=O) groups excluding carboxylic acids is 1. The molecule has 0 heterocycles. The van der Waals surface area contributed by atoms with Crippen LogP contribution < -0.4 is 11.1 Å². The Labute approximate surface area is 141 Å². The van der Waals surface area contributed by atoms with Crippen LogP contribution in [0, 0.1) is 0 Å². The molecule has 0 saturated heterocycles. The summed E-state index contributed by atoms with van der Waals surface area (Å²) in [6.45, 7) is 0.612. The maximum absolute atomic E-state index is 11.6. The van der Waals surface area contributed by atoms with Crippen molar-refractivity contribution in [1.82, 2.24) is 5.32 Å². The monoisotopic (exact) mass is 412 g/mol. The third-order valence-electron chi connectivity index (χ3n) is 3.37. The smallest absolute Gasteiger partial charge is 0.320 e. The lowest BCUT2D eigenvalue weighted by atomic mass is 10.1. The maximum Gasteiger partial charge on any atom is 0.320 e. The second kappa shape index (κ2) is 14.6. The molecule has 0 aliphatic carbocycles. The van der Waals surface area contributed by atoms with Crippen LogP contribution in [0.1, 0.15) is 64.2 Å². The van der Waals surface area contributed by atoms with E-state index in [1.54, 1.807) is 0 Å². The van der Waals surface area contributed by atoms with E-state index in [1.165, 1.54) is 30.1 Å². The standard InChI is InChI=1S/C15H29IN2O3/c16-11-7-4-2-1-3-5-10-14(19)18-12-8-6-9-13(17)15(20)21/h13H,1-12,17H2,(H,18,19)(H,20,21)/t13-/m0/s1. The lowest BCUT2D eigenvalue weighted by molar-refractivity contribution is -0.138. The minimum atomic E-state index is -0.961. The fraction of sp³-hybridized carbons (Fsp3) is 0.867. The van der Waals surface area contributed by atoms with Gasteiger partial charge in [0.25, 0.3) is 0 Å². The molecule has 0 aliphatic heterocycles. The van der Waals surface area contributed by atoms with Gasteiger partial charge in [-0.3, -0.25) is 9.59 Å². The van der Waals surface area contributed by atoms with Gasteiger partial charge in [0.15, 0.2) is 0 Å². The van der Waals surface area contributed by atoms with Crippen LogP contribution in [0.25, 0.3) is 0 Å². The summed E-state index contributed by atoms with van der Waals surface area (Å²) < 4.78 is 1.23. The highest BCUT2D eigenvalue weighted by Crippen LogP contribution is 2.08. The molecule has 0 aromatic carbocycles. The van der Waals surface area contributed by atoms with Crippen molar-refractivity contribution in [2.24, 2.45) is 5.73 Å². The van der Waals surface area contributed by atoms with Gasteiger partial charge in [0.2, 0.25) is 5.91 Å². The highest BCUT2D eigenvalue weighted by Gasteiger charge is 2.10. The number of halogens is 1. The zero-order valence-corrected chi connectivity index (χ0v) is 14.9. The summed E-state index contributed by atoms with van der Waals surface area (Å²) >= 11 is 2.40. The zero-order valence-electron chi connectivity index (χ0n) is 12.8. The van der Waals surface area contributed by atoms with E-state index in [-0.39, 0.29) is 5.91 Å². The molecule has 1 atom stereocenters. The molecule has 1 amide bonds. The number of aliphatic carboxylic acids is 1. The normalized spacial score (nSPS) is 12.1. The van der Waals surface area contributed by atoms with Gasteiger partial charge < -0.3 is 16.2 Å².